The third-order valence-corrected chi connectivity index (χ3v) is 5.01. The minimum absolute atomic E-state index is 0.440. The van der Waals surface area contributed by atoms with Gasteiger partial charge in [-0.3, -0.25) is 0 Å². The van der Waals surface area contributed by atoms with Crippen molar-refractivity contribution in [1.29, 1.82) is 0 Å². The first kappa shape index (κ1) is 13.8. The van der Waals surface area contributed by atoms with Gasteiger partial charge in [0.15, 0.2) is 0 Å². The van der Waals surface area contributed by atoms with Gasteiger partial charge in [-0.1, -0.05) is 32.6 Å². The summed E-state index contributed by atoms with van der Waals surface area (Å²) in [6, 6.07) is 5.60. The number of fused-ring (bicyclic) bond motifs is 1. The van der Waals surface area contributed by atoms with Crippen LogP contribution in [-0.2, 0) is 6.42 Å². The van der Waals surface area contributed by atoms with Gasteiger partial charge in [0.1, 0.15) is 0 Å². The smallest absolute Gasteiger partial charge is 0.0452 e. The zero-order chi connectivity index (χ0) is 14.3. The van der Waals surface area contributed by atoms with E-state index < -0.39 is 0 Å². The van der Waals surface area contributed by atoms with Gasteiger partial charge < -0.3 is 10.6 Å². The summed E-state index contributed by atoms with van der Waals surface area (Å²) in [6.45, 7) is 13.2. The lowest BCUT2D eigenvalue weighted by molar-refractivity contribution is 0.287. The van der Waals surface area contributed by atoms with Crippen molar-refractivity contribution in [1.82, 2.24) is 10.6 Å². The van der Waals surface area contributed by atoms with Crippen LogP contribution >= 0.6 is 0 Å². The van der Waals surface area contributed by atoms with Crippen LogP contribution in [-0.4, -0.2) is 19.1 Å². The highest BCUT2D eigenvalue weighted by atomic mass is 15.1. The monoisotopic (exact) mass is 270 g/mol. The van der Waals surface area contributed by atoms with Crippen LogP contribution in [0.2, 0.25) is 0 Å². The predicted molar refractivity (Wildman–Crippen MR) is 85.9 cm³/mol. The van der Waals surface area contributed by atoms with Crippen molar-refractivity contribution >= 4 is 5.57 Å². The quantitative estimate of drug-likeness (QED) is 0.862. The van der Waals surface area contributed by atoms with Crippen molar-refractivity contribution in [3.05, 3.63) is 41.0 Å². The van der Waals surface area contributed by atoms with Crippen molar-refractivity contribution in [2.24, 2.45) is 5.92 Å². The highest BCUT2D eigenvalue weighted by molar-refractivity contribution is 5.72. The summed E-state index contributed by atoms with van der Waals surface area (Å²) in [5.74, 6) is 0.666. The van der Waals surface area contributed by atoms with E-state index in [0.29, 0.717) is 18.0 Å². The number of benzene rings is 1. The second-order valence-corrected chi connectivity index (χ2v) is 6.64. The van der Waals surface area contributed by atoms with Gasteiger partial charge in [0.25, 0.3) is 0 Å². The molecule has 2 atom stereocenters. The molecule has 2 nitrogen and oxygen atoms in total. The zero-order valence-electron chi connectivity index (χ0n) is 12.9. The number of nitrogens with one attached hydrogen (secondary N) is 2. The normalized spacial score (nSPS) is 26.1. The lowest BCUT2D eigenvalue weighted by Gasteiger charge is -2.35. The molecule has 2 unspecified atom stereocenters. The molecule has 1 aromatic carbocycles. The van der Waals surface area contributed by atoms with Gasteiger partial charge in [-0.2, -0.15) is 0 Å². The number of allylic oxidation sites excluding steroid dienone is 1. The van der Waals surface area contributed by atoms with Gasteiger partial charge in [0, 0.05) is 25.2 Å². The molecule has 2 heteroatoms. The highest BCUT2D eigenvalue weighted by Gasteiger charge is 2.27. The average Bonchev–Trinajstić information content (AvgIpc) is 2.82. The van der Waals surface area contributed by atoms with E-state index in [1.165, 1.54) is 34.2 Å². The Bertz CT molecular complexity index is 530. The molecule has 0 bridgehead atoms. The summed E-state index contributed by atoms with van der Waals surface area (Å²) in [4.78, 5) is 0. The van der Waals surface area contributed by atoms with E-state index in [0.717, 1.165) is 19.5 Å². The Labute approximate surface area is 122 Å². The Hall–Kier alpha value is -1.12. The third kappa shape index (κ3) is 2.32. The zero-order valence-corrected chi connectivity index (χ0v) is 12.9. The van der Waals surface area contributed by atoms with Gasteiger partial charge in [0.05, 0.1) is 0 Å². The maximum absolute atomic E-state index is 4.19. The van der Waals surface area contributed by atoms with Gasteiger partial charge in [-0.25, -0.2) is 0 Å². The largest absolute Gasteiger partial charge is 0.313 e. The summed E-state index contributed by atoms with van der Waals surface area (Å²) in [7, 11) is 0. The lowest BCUT2D eigenvalue weighted by atomic mass is 9.91. The van der Waals surface area contributed by atoms with Crippen molar-refractivity contribution in [2.75, 3.05) is 13.1 Å². The van der Waals surface area contributed by atoms with Crippen molar-refractivity contribution in [3.8, 4) is 0 Å². The van der Waals surface area contributed by atoms with Crippen LogP contribution in [0, 0.1) is 12.8 Å². The SMILES string of the molecule is C=C1CCc2c1ccc(C1CNCC(C(C)C)N1)c2C. The van der Waals surface area contributed by atoms with Crippen LogP contribution < -0.4 is 10.6 Å². The standard InChI is InChI=1S/C18H26N2/c1-11(2)17-9-19-10-18(20-17)16-8-7-14-12(3)5-6-15(14)13(16)4/h7-8,11,17-20H,3,5-6,9-10H2,1-2,4H3. The molecule has 3 rings (SSSR count). The van der Waals surface area contributed by atoms with Gasteiger partial charge in [0.2, 0.25) is 0 Å². The molecule has 1 saturated heterocycles. The maximum atomic E-state index is 4.19. The average molecular weight is 270 g/mol. The van der Waals surface area contributed by atoms with Crippen LogP contribution in [0.25, 0.3) is 5.57 Å². The van der Waals surface area contributed by atoms with E-state index in [1.54, 1.807) is 0 Å². The fourth-order valence-electron chi connectivity index (χ4n) is 3.60. The fourth-order valence-corrected chi connectivity index (χ4v) is 3.60. The predicted octanol–water partition coefficient (Wildman–Crippen LogP) is 3.21. The molecule has 2 aliphatic rings. The van der Waals surface area contributed by atoms with E-state index in [-0.39, 0.29) is 0 Å². The molecular formula is C18H26N2. The Morgan fingerprint density at radius 1 is 1.20 bits per heavy atom. The minimum atomic E-state index is 0.440. The van der Waals surface area contributed by atoms with E-state index >= 15 is 0 Å². The molecule has 1 aromatic rings. The molecule has 1 heterocycles. The van der Waals surface area contributed by atoms with E-state index in [2.05, 4.69) is 50.1 Å². The Morgan fingerprint density at radius 3 is 2.75 bits per heavy atom. The molecule has 0 amide bonds. The van der Waals surface area contributed by atoms with E-state index in [4.69, 9.17) is 0 Å². The summed E-state index contributed by atoms with van der Waals surface area (Å²) in [6.07, 6.45) is 2.30. The summed E-state index contributed by atoms with van der Waals surface area (Å²) in [5.41, 5.74) is 7.18. The first-order valence-electron chi connectivity index (χ1n) is 7.85. The topological polar surface area (TPSA) is 24.1 Å². The number of hydrogen-bond acceptors (Lipinski definition) is 2. The molecule has 1 fully saturated rings. The molecule has 0 radical (unpaired) electrons. The highest BCUT2D eigenvalue weighted by Crippen LogP contribution is 2.36. The van der Waals surface area contributed by atoms with Crippen LogP contribution in [0.15, 0.2) is 18.7 Å². The van der Waals surface area contributed by atoms with Crippen molar-refractivity contribution in [3.63, 3.8) is 0 Å². The second-order valence-electron chi connectivity index (χ2n) is 6.64. The van der Waals surface area contributed by atoms with Crippen LogP contribution in [0.4, 0.5) is 0 Å². The van der Waals surface area contributed by atoms with Crippen molar-refractivity contribution in [2.45, 2.75) is 45.7 Å². The minimum Gasteiger partial charge on any atom is -0.313 e. The van der Waals surface area contributed by atoms with Crippen LogP contribution in [0.5, 0.6) is 0 Å². The van der Waals surface area contributed by atoms with Crippen LogP contribution in [0.3, 0.4) is 0 Å². The molecule has 0 aromatic heterocycles. The Morgan fingerprint density at radius 2 is 2.00 bits per heavy atom. The fraction of sp³-hybridized carbons (Fsp3) is 0.556. The van der Waals surface area contributed by atoms with Gasteiger partial charge >= 0.3 is 0 Å². The molecular weight excluding hydrogens is 244 g/mol. The number of piperazine rings is 1. The van der Waals surface area contributed by atoms with E-state index in [9.17, 15) is 0 Å². The summed E-state index contributed by atoms with van der Waals surface area (Å²) < 4.78 is 0. The Balaban J connectivity index is 1.89. The molecule has 0 saturated carbocycles. The van der Waals surface area contributed by atoms with E-state index in [1.807, 2.05) is 0 Å². The summed E-state index contributed by atoms with van der Waals surface area (Å²) in [5, 5.41) is 7.42. The number of hydrogen-bond donors (Lipinski definition) is 2. The second kappa shape index (κ2) is 5.34. The first-order chi connectivity index (χ1) is 9.58. The molecule has 20 heavy (non-hydrogen) atoms. The van der Waals surface area contributed by atoms with Gasteiger partial charge in [-0.05, 0) is 53.5 Å². The van der Waals surface area contributed by atoms with Gasteiger partial charge in [-0.15, -0.1) is 0 Å². The summed E-state index contributed by atoms with van der Waals surface area (Å²) >= 11 is 0. The third-order valence-electron chi connectivity index (χ3n) is 5.01. The Kier molecular flexibility index (Phi) is 3.70. The molecule has 0 spiro atoms. The molecule has 1 aliphatic carbocycles. The van der Waals surface area contributed by atoms with Crippen molar-refractivity contribution < 1.29 is 0 Å². The molecule has 108 valence electrons. The maximum Gasteiger partial charge on any atom is 0.0452 e. The number of rotatable bonds is 2. The molecule has 2 N–H and O–H groups in total. The first-order valence-corrected chi connectivity index (χ1v) is 7.85. The lowest BCUT2D eigenvalue weighted by Crippen LogP contribution is -2.52. The molecule has 1 aliphatic heterocycles. The van der Waals surface area contributed by atoms with Crippen LogP contribution in [0.1, 0.15) is 48.6 Å².